The van der Waals surface area contributed by atoms with Crippen LogP contribution in [0.4, 0.5) is 11.6 Å². The van der Waals surface area contributed by atoms with E-state index in [0.29, 0.717) is 0 Å². The van der Waals surface area contributed by atoms with Gasteiger partial charge in [0.05, 0.1) is 32.6 Å². The summed E-state index contributed by atoms with van der Waals surface area (Å²) in [5.41, 5.74) is 7.11. The zero-order valence-electron chi connectivity index (χ0n) is 21.6. The number of hydrogen-bond acceptors (Lipinski definition) is 2. The van der Waals surface area contributed by atoms with E-state index < -0.39 is 5.91 Å². The number of fused-ring (bicyclic) bond motifs is 12. The first-order valence-electron chi connectivity index (χ1n) is 14.0. The van der Waals surface area contributed by atoms with Crippen LogP contribution in [0.25, 0.3) is 33.7 Å². The molecule has 186 valence electrons. The zero-order valence-corrected chi connectivity index (χ0v) is 21.6. The highest BCUT2D eigenvalue weighted by Gasteiger charge is 2.70. The van der Waals surface area contributed by atoms with Crippen LogP contribution < -0.4 is 10.7 Å². The summed E-state index contributed by atoms with van der Waals surface area (Å²) in [5, 5.41) is 7.18. The highest BCUT2D eigenvalue weighted by Crippen LogP contribution is 2.52. The third-order valence-corrected chi connectivity index (χ3v) is 9.76. The van der Waals surface area contributed by atoms with Crippen molar-refractivity contribution in [3.63, 3.8) is 0 Å². The van der Waals surface area contributed by atoms with Crippen molar-refractivity contribution < 1.29 is 9.15 Å². The molecule has 6 aromatic rings. The smallest absolute Gasteiger partial charge is 0.241 e. The van der Waals surface area contributed by atoms with Crippen LogP contribution in [-0.2, 0) is 5.91 Å². The molecule has 6 heteroatoms. The van der Waals surface area contributed by atoms with Crippen molar-refractivity contribution in [2.24, 2.45) is 9.98 Å². The second kappa shape index (κ2) is 5.93. The second-order valence-corrected chi connectivity index (χ2v) is 11.5. The van der Waals surface area contributed by atoms with Crippen LogP contribution in [0.2, 0.25) is 0 Å². The van der Waals surface area contributed by atoms with E-state index in [9.17, 15) is 0 Å². The maximum atomic E-state index is 5.48. The Morgan fingerprint density at radius 2 is 0.878 bits per heavy atom. The van der Waals surface area contributed by atoms with Crippen molar-refractivity contribution in [3.05, 3.63) is 130 Å². The standard InChI is InChI=1S/C35H18N6/c1-2-10-20-19(9-1)27-17-29-21-11-3-5-13-23(21)31-36-33-25-15-7-8-16-26(25)34-37-32-24-14-6-4-12-22(24)30-18-28(20)38(27)35(39(29)31,40(30)32)41(33)34/h1-18H/q+2. The number of rotatable bonds is 0. The first kappa shape index (κ1) is 19.4. The normalized spacial score (nSPS) is 18.4. The second-order valence-electron chi connectivity index (χ2n) is 11.5. The van der Waals surface area contributed by atoms with Gasteiger partial charge in [0.25, 0.3) is 11.6 Å². The largest absolute Gasteiger partial charge is 0.441 e. The molecule has 8 heterocycles. The van der Waals surface area contributed by atoms with Crippen molar-refractivity contribution >= 4 is 68.4 Å². The summed E-state index contributed by atoms with van der Waals surface area (Å²) in [6.07, 6.45) is 4.75. The van der Waals surface area contributed by atoms with Crippen molar-refractivity contribution in [1.29, 1.82) is 0 Å². The zero-order chi connectivity index (χ0) is 26.2. The number of aromatic nitrogens is 2. The Kier molecular flexibility index (Phi) is 2.81. The number of nitrogens with zero attached hydrogens (tertiary/aromatic N) is 6. The molecule has 4 aromatic carbocycles. The molecule has 1 spiro atoms. The summed E-state index contributed by atoms with van der Waals surface area (Å²) < 4.78 is 9.93. The van der Waals surface area contributed by atoms with Gasteiger partial charge in [0.15, 0.2) is 0 Å². The van der Waals surface area contributed by atoms with E-state index in [1.54, 1.807) is 0 Å². The molecule has 41 heavy (non-hydrogen) atoms. The molecule has 6 aliphatic rings. The molecule has 2 aromatic heterocycles. The Morgan fingerprint density at radius 1 is 0.463 bits per heavy atom. The molecule has 6 nitrogen and oxygen atoms in total. The molecular formula is C35H18N6+2. The van der Waals surface area contributed by atoms with E-state index in [1.807, 2.05) is 0 Å². The van der Waals surface area contributed by atoms with Crippen LogP contribution >= 0.6 is 0 Å². The number of aliphatic imine (C=N–C) groups is 2. The van der Waals surface area contributed by atoms with Gasteiger partial charge in [-0.2, -0.15) is 4.57 Å². The summed E-state index contributed by atoms with van der Waals surface area (Å²) >= 11 is 0. The molecule has 0 amide bonds. The highest BCUT2D eigenvalue weighted by atomic mass is 15.7. The van der Waals surface area contributed by atoms with Crippen LogP contribution in [0.1, 0.15) is 22.3 Å². The quantitative estimate of drug-likeness (QED) is 0.270. The van der Waals surface area contributed by atoms with Gasteiger partial charge in [-0.1, -0.05) is 60.7 Å². The van der Waals surface area contributed by atoms with Gasteiger partial charge in [-0.25, -0.2) is 4.57 Å². The fourth-order valence-electron chi connectivity index (χ4n) is 8.31. The van der Waals surface area contributed by atoms with E-state index in [-0.39, 0.29) is 0 Å². The fraction of sp³-hybridized carbons (Fsp3) is 0.0286. The summed E-state index contributed by atoms with van der Waals surface area (Å²) in [5.74, 6) is 3.08. The maximum absolute atomic E-state index is 5.48. The lowest BCUT2D eigenvalue weighted by Gasteiger charge is -2.40. The van der Waals surface area contributed by atoms with Crippen LogP contribution in [0.15, 0.2) is 107 Å². The van der Waals surface area contributed by atoms with E-state index in [1.165, 1.54) is 55.1 Å². The lowest BCUT2D eigenvalue weighted by molar-refractivity contribution is -0.787. The monoisotopic (exact) mass is 522 g/mol. The molecule has 0 radical (unpaired) electrons. The number of benzene rings is 4. The Bertz CT molecular complexity index is 2460. The average Bonchev–Trinajstić information content (AvgIpc) is 3.74. The molecule has 0 saturated carbocycles. The lowest BCUT2D eigenvalue weighted by atomic mass is 10.0. The SMILES string of the molecule is C1=c2c3ccccc3c3n2C24n5c(c6ccccc6c5N=C5c6ccccc6C(=[N+]52)C=3)N=C2c3ccccc3C1=[N+]24. The Hall–Kier alpha value is -5.62. The van der Waals surface area contributed by atoms with Gasteiger partial charge in [-0.15, -0.1) is 9.15 Å². The highest BCUT2D eigenvalue weighted by molar-refractivity contribution is 6.31. The van der Waals surface area contributed by atoms with Gasteiger partial charge in [0, 0.05) is 34.1 Å². The molecule has 0 fully saturated rings. The van der Waals surface area contributed by atoms with Gasteiger partial charge in [0.2, 0.25) is 0 Å². The number of amidine groups is 2. The summed E-state index contributed by atoms with van der Waals surface area (Å²) in [4.78, 5) is 11.0. The molecule has 6 aliphatic heterocycles. The lowest BCUT2D eigenvalue weighted by Crippen LogP contribution is -2.71. The minimum absolute atomic E-state index is 0.798. The van der Waals surface area contributed by atoms with Crippen molar-refractivity contribution in [2.45, 2.75) is 5.91 Å². The predicted octanol–water partition coefficient (Wildman–Crippen LogP) is 4.11. The van der Waals surface area contributed by atoms with Gasteiger partial charge >= 0.3 is 17.6 Å². The van der Waals surface area contributed by atoms with Crippen molar-refractivity contribution in [2.75, 3.05) is 0 Å². The summed E-state index contributed by atoms with van der Waals surface area (Å²) in [6, 6.07) is 34.9. The predicted molar refractivity (Wildman–Crippen MR) is 159 cm³/mol. The van der Waals surface area contributed by atoms with E-state index in [0.717, 1.165) is 34.1 Å². The Balaban J connectivity index is 1.45. The molecule has 0 N–H and O–H groups in total. The van der Waals surface area contributed by atoms with E-state index in [2.05, 4.69) is 127 Å². The minimum atomic E-state index is -0.798. The topological polar surface area (TPSA) is 40.6 Å². The average molecular weight is 523 g/mol. The third-order valence-electron chi connectivity index (χ3n) is 9.76. The van der Waals surface area contributed by atoms with Crippen LogP contribution in [-0.4, -0.2) is 41.4 Å². The maximum Gasteiger partial charge on any atom is 0.441 e. The van der Waals surface area contributed by atoms with Gasteiger partial charge < -0.3 is 0 Å². The first-order valence-corrected chi connectivity index (χ1v) is 14.0. The first-order chi connectivity index (χ1) is 20.4. The Labute approximate surface area is 232 Å². The van der Waals surface area contributed by atoms with E-state index >= 15 is 0 Å². The van der Waals surface area contributed by atoms with Crippen molar-refractivity contribution in [3.8, 4) is 0 Å². The summed E-state index contributed by atoms with van der Waals surface area (Å²) in [7, 11) is 0. The molecule has 0 aliphatic carbocycles. The molecular weight excluding hydrogens is 504 g/mol. The van der Waals surface area contributed by atoms with Gasteiger partial charge in [0.1, 0.15) is 11.4 Å². The van der Waals surface area contributed by atoms with Crippen LogP contribution in [0.5, 0.6) is 0 Å². The number of hydrogen-bond donors (Lipinski definition) is 0. The third kappa shape index (κ3) is 1.78. The molecule has 0 atom stereocenters. The Morgan fingerprint density at radius 3 is 1.37 bits per heavy atom. The van der Waals surface area contributed by atoms with E-state index in [4.69, 9.17) is 9.98 Å². The minimum Gasteiger partial charge on any atom is -0.241 e. The van der Waals surface area contributed by atoms with Gasteiger partial charge in [-0.3, -0.25) is 0 Å². The summed E-state index contributed by atoms with van der Waals surface area (Å²) in [6.45, 7) is 0. The van der Waals surface area contributed by atoms with Crippen LogP contribution in [0, 0.1) is 0 Å². The van der Waals surface area contributed by atoms with Crippen molar-refractivity contribution in [1.82, 2.24) is 9.13 Å². The molecule has 0 saturated heterocycles. The van der Waals surface area contributed by atoms with Crippen LogP contribution in [0.3, 0.4) is 0 Å². The fourth-order valence-corrected chi connectivity index (χ4v) is 8.31. The molecule has 0 bridgehead atoms. The molecule has 0 unspecified atom stereocenters. The van der Waals surface area contributed by atoms with Gasteiger partial charge in [-0.05, 0) is 46.4 Å². The molecule has 12 rings (SSSR count).